The van der Waals surface area contributed by atoms with Gasteiger partial charge in [0, 0.05) is 13.1 Å². The molecule has 2 unspecified atom stereocenters. The predicted molar refractivity (Wildman–Crippen MR) is 116 cm³/mol. The van der Waals surface area contributed by atoms with Crippen molar-refractivity contribution in [1.82, 2.24) is 4.90 Å². The first-order valence-corrected chi connectivity index (χ1v) is 11.5. The quantitative estimate of drug-likeness (QED) is 0.675. The minimum absolute atomic E-state index is 0.353. The fraction of sp³-hybridized carbons (Fsp3) is 0.478. The second-order valence-corrected chi connectivity index (χ2v) is 11.8. The van der Waals surface area contributed by atoms with Gasteiger partial charge in [-0.1, -0.05) is 49.4 Å². The summed E-state index contributed by atoms with van der Waals surface area (Å²) in [5.41, 5.74) is 0. The Labute approximate surface area is 166 Å². The van der Waals surface area contributed by atoms with E-state index in [9.17, 15) is 0 Å². The Morgan fingerprint density at radius 1 is 0.963 bits per heavy atom. The Balaban J connectivity index is 1.51. The summed E-state index contributed by atoms with van der Waals surface area (Å²) in [4.78, 5) is 2.58. The lowest BCUT2D eigenvalue weighted by Gasteiger charge is -2.37. The van der Waals surface area contributed by atoms with Crippen LogP contribution in [0.4, 0.5) is 0 Å². The predicted octanol–water partition coefficient (Wildman–Crippen LogP) is 3.97. The molecule has 0 aliphatic carbocycles. The highest BCUT2D eigenvalue weighted by Crippen LogP contribution is 2.28. The number of nitrogens with zero attached hydrogens (tertiary/aromatic N) is 1. The highest BCUT2D eigenvalue weighted by molar-refractivity contribution is 6.56. The van der Waals surface area contributed by atoms with Gasteiger partial charge in [0.25, 0.3) is 0 Å². The van der Waals surface area contributed by atoms with Crippen LogP contribution >= 0.6 is 0 Å². The summed E-state index contributed by atoms with van der Waals surface area (Å²) in [7, 11) is -0.356. The molecule has 1 aliphatic heterocycles. The van der Waals surface area contributed by atoms with Crippen molar-refractivity contribution in [3.05, 3.63) is 54.6 Å². The lowest BCUT2D eigenvalue weighted by Crippen LogP contribution is -2.46. The maximum atomic E-state index is 5.91. The number of hydrogen-bond donors (Lipinski definition) is 0. The van der Waals surface area contributed by atoms with Gasteiger partial charge >= 0.3 is 0 Å². The molecule has 146 valence electrons. The zero-order valence-electron chi connectivity index (χ0n) is 17.2. The molecule has 0 saturated carbocycles. The molecule has 0 aromatic heterocycles. The maximum absolute atomic E-state index is 5.91. The van der Waals surface area contributed by atoms with Gasteiger partial charge in [0.05, 0.1) is 21.7 Å². The highest BCUT2D eigenvalue weighted by Gasteiger charge is 2.25. The van der Waals surface area contributed by atoms with Crippen molar-refractivity contribution in [3.8, 4) is 11.5 Å². The zero-order chi connectivity index (χ0) is 19.3. The van der Waals surface area contributed by atoms with Crippen LogP contribution in [0.3, 0.4) is 0 Å². The fourth-order valence-electron chi connectivity index (χ4n) is 3.87. The van der Waals surface area contributed by atoms with Crippen molar-refractivity contribution in [1.29, 1.82) is 0 Å². The molecular weight excluding hydrogens is 350 g/mol. The third-order valence-corrected chi connectivity index (χ3v) is 7.38. The molecule has 0 spiro atoms. The Kier molecular flexibility index (Phi) is 6.74. The van der Waals surface area contributed by atoms with Gasteiger partial charge < -0.3 is 9.47 Å². The van der Waals surface area contributed by atoms with Crippen molar-refractivity contribution in [2.24, 2.45) is 0 Å². The summed E-state index contributed by atoms with van der Waals surface area (Å²) in [5.74, 6) is 1.80. The largest absolute Gasteiger partial charge is 0.457 e. The van der Waals surface area contributed by atoms with Crippen molar-refractivity contribution in [2.45, 2.75) is 51.4 Å². The van der Waals surface area contributed by atoms with Crippen LogP contribution in [-0.2, 0) is 4.74 Å². The summed E-state index contributed by atoms with van der Waals surface area (Å²) in [6.45, 7) is 12.5. The van der Waals surface area contributed by atoms with Crippen molar-refractivity contribution in [3.63, 3.8) is 0 Å². The lowest BCUT2D eigenvalue weighted by molar-refractivity contribution is -0.0685. The Morgan fingerprint density at radius 2 is 1.56 bits per heavy atom. The highest BCUT2D eigenvalue weighted by atomic mass is 28.2. The van der Waals surface area contributed by atoms with Crippen molar-refractivity contribution >= 4 is 14.7 Å². The molecule has 4 heteroatoms. The third kappa shape index (κ3) is 6.49. The van der Waals surface area contributed by atoms with Crippen LogP contribution in [0, 0.1) is 0 Å². The number of rotatable bonds is 7. The maximum Gasteiger partial charge on any atom is 0.127 e. The van der Waals surface area contributed by atoms with Gasteiger partial charge in [0.2, 0.25) is 0 Å². The van der Waals surface area contributed by atoms with E-state index in [4.69, 9.17) is 9.47 Å². The standard InChI is InChI=1S/C23H33NO2Si/c1-18-16-24(17-19(2)25-18)15-14-23(3,4)27-22-12-10-21(11-13-22)26-20-8-6-5-7-9-20/h5-13,18-19H,14-17,27H2,1-4H3. The van der Waals surface area contributed by atoms with E-state index >= 15 is 0 Å². The number of hydrogen-bond acceptors (Lipinski definition) is 3. The van der Waals surface area contributed by atoms with Gasteiger partial charge in [0.1, 0.15) is 11.5 Å². The van der Waals surface area contributed by atoms with E-state index in [1.165, 1.54) is 18.2 Å². The van der Waals surface area contributed by atoms with Crippen LogP contribution in [0.25, 0.3) is 0 Å². The first kappa shape index (κ1) is 20.1. The molecule has 2 aromatic rings. The number of para-hydroxylation sites is 1. The molecule has 1 saturated heterocycles. The van der Waals surface area contributed by atoms with E-state index in [0.717, 1.165) is 24.6 Å². The molecule has 1 aliphatic rings. The van der Waals surface area contributed by atoms with E-state index in [1.807, 2.05) is 30.3 Å². The van der Waals surface area contributed by atoms with E-state index in [1.54, 1.807) is 0 Å². The molecule has 0 N–H and O–H groups in total. The van der Waals surface area contributed by atoms with E-state index in [0.29, 0.717) is 17.2 Å². The molecule has 0 amide bonds. The van der Waals surface area contributed by atoms with E-state index in [-0.39, 0.29) is 9.52 Å². The van der Waals surface area contributed by atoms with Gasteiger partial charge in [0.15, 0.2) is 0 Å². The normalized spacial score (nSPS) is 21.6. The van der Waals surface area contributed by atoms with Crippen LogP contribution < -0.4 is 9.92 Å². The topological polar surface area (TPSA) is 21.7 Å². The molecule has 0 radical (unpaired) electrons. The molecule has 2 atom stereocenters. The summed E-state index contributed by atoms with van der Waals surface area (Å²) < 4.78 is 11.8. The summed E-state index contributed by atoms with van der Waals surface area (Å²) in [5, 5.41) is 1.91. The lowest BCUT2D eigenvalue weighted by atomic mass is 10.1. The zero-order valence-corrected chi connectivity index (χ0v) is 18.6. The van der Waals surface area contributed by atoms with Gasteiger partial charge in [-0.15, -0.1) is 0 Å². The molecule has 1 fully saturated rings. The number of morpholine rings is 1. The van der Waals surface area contributed by atoms with E-state index in [2.05, 4.69) is 56.9 Å². The Hall–Kier alpha value is -1.62. The summed E-state index contributed by atoms with van der Waals surface area (Å²) in [6, 6.07) is 18.7. The molecule has 0 bridgehead atoms. The molecule has 2 aromatic carbocycles. The smallest absolute Gasteiger partial charge is 0.127 e. The molecular formula is C23H33NO2Si. The van der Waals surface area contributed by atoms with E-state index < -0.39 is 0 Å². The SMILES string of the molecule is CC1CN(CCC(C)(C)[SiH2]c2ccc(Oc3ccccc3)cc2)CC(C)O1. The third-order valence-electron chi connectivity index (χ3n) is 5.18. The fourth-order valence-corrected chi connectivity index (χ4v) is 5.78. The minimum Gasteiger partial charge on any atom is -0.457 e. The van der Waals surface area contributed by atoms with Gasteiger partial charge in [-0.3, -0.25) is 4.90 Å². The summed E-state index contributed by atoms with van der Waals surface area (Å²) in [6.07, 6.45) is 1.96. The second kappa shape index (κ2) is 9.05. The van der Waals surface area contributed by atoms with Crippen LogP contribution in [0.15, 0.2) is 54.6 Å². The van der Waals surface area contributed by atoms with Gasteiger partial charge in [-0.05, 0) is 56.1 Å². The second-order valence-electron chi connectivity index (χ2n) is 8.67. The van der Waals surface area contributed by atoms with Crippen LogP contribution in [-0.4, -0.2) is 46.3 Å². The van der Waals surface area contributed by atoms with Gasteiger partial charge in [-0.2, -0.15) is 0 Å². The van der Waals surface area contributed by atoms with Gasteiger partial charge in [-0.25, -0.2) is 0 Å². The monoisotopic (exact) mass is 383 g/mol. The molecule has 3 rings (SSSR count). The summed E-state index contributed by atoms with van der Waals surface area (Å²) >= 11 is 0. The Morgan fingerprint density at radius 3 is 2.19 bits per heavy atom. The Bertz CT molecular complexity index is 692. The molecule has 27 heavy (non-hydrogen) atoms. The van der Waals surface area contributed by atoms with Crippen LogP contribution in [0.2, 0.25) is 5.04 Å². The number of ether oxygens (including phenoxy) is 2. The minimum atomic E-state index is -0.356. The van der Waals surface area contributed by atoms with Crippen molar-refractivity contribution in [2.75, 3.05) is 19.6 Å². The average Bonchev–Trinajstić information content (AvgIpc) is 2.62. The molecule has 3 nitrogen and oxygen atoms in total. The number of benzene rings is 2. The molecule has 1 heterocycles. The van der Waals surface area contributed by atoms with Crippen LogP contribution in [0.5, 0.6) is 11.5 Å². The first-order chi connectivity index (χ1) is 12.9. The van der Waals surface area contributed by atoms with Crippen LogP contribution in [0.1, 0.15) is 34.1 Å². The first-order valence-electron chi connectivity index (χ1n) is 10.1. The average molecular weight is 384 g/mol. The van der Waals surface area contributed by atoms with Crippen molar-refractivity contribution < 1.29 is 9.47 Å².